The minimum atomic E-state index is -0.589. The highest BCUT2D eigenvalue weighted by Crippen LogP contribution is 2.29. The first-order chi connectivity index (χ1) is 14.9. The minimum absolute atomic E-state index is 0.122. The highest BCUT2D eigenvalue weighted by molar-refractivity contribution is 6.31. The Balaban J connectivity index is 1.57. The molecule has 2 N–H and O–H groups in total. The number of hydrogen-bond donors (Lipinski definition) is 2. The lowest BCUT2D eigenvalue weighted by atomic mass is 10.1. The van der Waals surface area contributed by atoms with Crippen LogP contribution in [0.5, 0.6) is 0 Å². The van der Waals surface area contributed by atoms with Crippen molar-refractivity contribution in [1.29, 1.82) is 0 Å². The Hall–Kier alpha value is -4.17. The number of non-ortho nitro benzene ring substituents is 1. The lowest BCUT2D eigenvalue weighted by molar-refractivity contribution is -0.384. The molecule has 4 rings (SSSR count). The van der Waals surface area contributed by atoms with E-state index in [1.165, 1.54) is 24.3 Å². The van der Waals surface area contributed by atoms with Gasteiger partial charge in [0, 0.05) is 45.5 Å². The van der Waals surface area contributed by atoms with E-state index in [4.69, 9.17) is 16.0 Å². The summed E-state index contributed by atoms with van der Waals surface area (Å²) in [5, 5.41) is 17.8. The molecule has 0 saturated carbocycles. The van der Waals surface area contributed by atoms with E-state index in [-0.39, 0.29) is 17.2 Å². The number of carbonyl (C=O) groups excluding carboxylic acids is 1. The lowest BCUT2D eigenvalue weighted by Crippen LogP contribution is -2.11. The Kier molecular flexibility index (Phi) is 5.38. The molecule has 8 nitrogen and oxygen atoms in total. The van der Waals surface area contributed by atoms with E-state index in [9.17, 15) is 19.7 Å². The van der Waals surface area contributed by atoms with E-state index < -0.39 is 10.5 Å². The van der Waals surface area contributed by atoms with E-state index in [1.807, 2.05) is 0 Å². The number of benzene rings is 3. The fourth-order valence-electron chi connectivity index (χ4n) is 2.99. The van der Waals surface area contributed by atoms with Gasteiger partial charge in [-0.2, -0.15) is 0 Å². The van der Waals surface area contributed by atoms with Crippen molar-refractivity contribution in [3.8, 4) is 0 Å². The second-order valence-corrected chi connectivity index (χ2v) is 7.02. The molecule has 0 aliphatic carbocycles. The topological polar surface area (TPSA) is 114 Å². The van der Waals surface area contributed by atoms with E-state index in [0.29, 0.717) is 33.0 Å². The van der Waals surface area contributed by atoms with Gasteiger partial charge in [0.25, 0.3) is 11.6 Å². The van der Waals surface area contributed by atoms with Crippen LogP contribution in [0.25, 0.3) is 11.0 Å². The average Bonchev–Trinajstić information content (AvgIpc) is 2.74. The second-order valence-electron chi connectivity index (χ2n) is 6.58. The summed E-state index contributed by atoms with van der Waals surface area (Å²) in [7, 11) is 0. The van der Waals surface area contributed by atoms with Crippen LogP contribution in [0.3, 0.4) is 0 Å². The summed E-state index contributed by atoms with van der Waals surface area (Å²) < 4.78 is 5.11. The molecule has 1 heterocycles. The highest BCUT2D eigenvalue weighted by atomic mass is 35.5. The van der Waals surface area contributed by atoms with Crippen molar-refractivity contribution in [3.63, 3.8) is 0 Å². The van der Waals surface area contributed by atoms with Crippen molar-refractivity contribution in [2.45, 2.75) is 0 Å². The first-order valence-electron chi connectivity index (χ1n) is 9.05. The molecule has 0 unspecified atom stereocenters. The molecular formula is C22H14ClN3O5. The number of anilines is 3. The van der Waals surface area contributed by atoms with Crippen molar-refractivity contribution < 1.29 is 14.1 Å². The number of nitro groups is 1. The van der Waals surface area contributed by atoms with Crippen LogP contribution in [0, 0.1) is 10.1 Å². The van der Waals surface area contributed by atoms with Gasteiger partial charge in [-0.05, 0) is 48.5 Å². The van der Waals surface area contributed by atoms with Gasteiger partial charge >= 0.3 is 5.63 Å². The lowest BCUT2D eigenvalue weighted by Gasteiger charge is -2.10. The molecule has 154 valence electrons. The molecule has 31 heavy (non-hydrogen) atoms. The van der Waals surface area contributed by atoms with Crippen LogP contribution < -0.4 is 16.3 Å². The molecule has 4 aromatic rings. The van der Waals surface area contributed by atoms with Gasteiger partial charge in [0.2, 0.25) is 0 Å². The third-order valence-electron chi connectivity index (χ3n) is 4.45. The van der Waals surface area contributed by atoms with Crippen molar-refractivity contribution in [3.05, 3.63) is 104 Å². The Morgan fingerprint density at radius 2 is 1.71 bits per heavy atom. The summed E-state index contributed by atoms with van der Waals surface area (Å²) in [5.41, 5.74) is 1.48. The minimum Gasteiger partial charge on any atom is -0.423 e. The molecular weight excluding hydrogens is 422 g/mol. The molecule has 0 atom stereocenters. The summed E-state index contributed by atoms with van der Waals surface area (Å²) >= 11 is 5.91. The molecule has 0 fully saturated rings. The van der Waals surface area contributed by atoms with Crippen LogP contribution in [0.1, 0.15) is 10.4 Å². The average molecular weight is 436 g/mol. The third kappa shape index (κ3) is 4.54. The molecule has 0 saturated heterocycles. The van der Waals surface area contributed by atoms with Gasteiger partial charge < -0.3 is 15.1 Å². The van der Waals surface area contributed by atoms with Gasteiger partial charge in [0.1, 0.15) is 5.58 Å². The van der Waals surface area contributed by atoms with E-state index in [2.05, 4.69) is 10.6 Å². The summed E-state index contributed by atoms with van der Waals surface area (Å²) in [6.45, 7) is 0. The molecule has 1 aromatic heterocycles. The Morgan fingerprint density at radius 1 is 0.968 bits per heavy atom. The van der Waals surface area contributed by atoms with E-state index in [1.54, 1.807) is 48.5 Å². The van der Waals surface area contributed by atoms with Crippen LogP contribution in [0.2, 0.25) is 5.02 Å². The van der Waals surface area contributed by atoms with Gasteiger partial charge in [-0.1, -0.05) is 17.7 Å². The number of halogens is 1. The highest BCUT2D eigenvalue weighted by Gasteiger charge is 2.12. The van der Waals surface area contributed by atoms with Crippen LogP contribution in [-0.4, -0.2) is 10.8 Å². The molecule has 0 spiro atoms. The number of nitrogens with zero attached hydrogens (tertiary/aromatic N) is 1. The van der Waals surface area contributed by atoms with Crippen molar-refractivity contribution in [1.82, 2.24) is 0 Å². The van der Waals surface area contributed by atoms with E-state index >= 15 is 0 Å². The normalized spacial score (nSPS) is 10.6. The number of rotatable bonds is 5. The Labute approximate surface area is 180 Å². The predicted octanol–water partition coefficient (Wildman–Crippen LogP) is 5.35. The molecule has 9 heteroatoms. The number of fused-ring (bicyclic) bond motifs is 1. The molecule has 0 radical (unpaired) electrons. The number of carbonyl (C=O) groups is 1. The van der Waals surface area contributed by atoms with Crippen molar-refractivity contribution >= 4 is 51.2 Å². The van der Waals surface area contributed by atoms with Gasteiger partial charge in [-0.25, -0.2) is 4.79 Å². The van der Waals surface area contributed by atoms with Crippen LogP contribution in [0.4, 0.5) is 22.7 Å². The summed E-state index contributed by atoms with van der Waals surface area (Å²) in [6.07, 6.45) is 0. The monoisotopic (exact) mass is 435 g/mol. The van der Waals surface area contributed by atoms with Gasteiger partial charge in [-0.3, -0.25) is 14.9 Å². The standard InChI is InChI=1S/C22H14ClN3O5/c23-14-3-1-2-13(10-14)22(28)25-16-6-4-15(5-7-16)24-19-12-21(27)31-20-9-8-17(26(29)30)11-18(19)20/h1-12,24H,(H,25,28). The second kappa shape index (κ2) is 8.29. The molecule has 0 aliphatic heterocycles. The molecule has 3 aromatic carbocycles. The third-order valence-corrected chi connectivity index (χ3v) is 4.68. The first kappa shape index (κ1) is 20.1. The largest absolute Gasteiger partial charge is 0.423 e. The summed E-state index contributed by atoms with van der Waals surface area (Å²) in [4.78, 5) is 34.7. The first-order valence-corrected chi connectivity index (χ1v) is 9.43. The predicted molar refractivity (Wildman–Crippen MR) is 118 cm³/mol. The molecule has 1 amide bonds. The van der Waals surface area contributed by atoms with Gasteiger partial charge in [0.15, 0.2) is 0 Å². The summed E-state index contributed by atoms with van der Waals surface area (Å²) in [6, 6.07) is 18.6. The maximum atomic E-state index is 12.3. The van der Waals surface area contributed by atoms with Crippen LogP contribution in [0.15, 0.2) is 82.0 Å². The smallest absolute Gasteiger partial charge is 0.338 e. The van der Waals surface area contributed by atoms with E-state index in [0.717, 1.165) is 0 Å². The number of hydrogen-bond acceptors (Lipinski definition) is 6. The fraction of sp³-hybridized carbons (Fsp3) is 0. The van der Waals surface area contributed by atoms with Crippen molar-refractivity contribution in [2.24, 2.45) is 0 Å². The SMILES string of the molecule is O=C(Nc1ccc(Nc2cc(=O)oc3ccc([N+](=O)[O-])cc23)cc1)c1cccc(Cl)c1. The number of amides is 1. The van der Waals surface area contributed by atoms with Crippen LogP contribution in [-0.2, 0) is 0 Å². The number of nitrogens with one attached hydrogen (secondary N) is 2. The molecule has 0 bridgehead atoms. The van der Waals surface area contributed by atoms with Crippen LogP contribution >= 0.6 is 11.6 Å². The van der Waals surface area contributed by atoms with Gasteiger partial charge in [-0.15, -0.1) is 0 Å². The summed E-state index contributed by atoms with van der Waals surface area (Å²) in [5.74, 6) is -0.304. The van der Waals surface area contributed by atoms with Crippen molar-refractivity contribution in [2.75, 3.05) is 10.6 Å². The maximum Gasteiger partial charge on any atom is 0.338 e. The quantitative estimate of drug-likeness (QED) is 0.248. The van der Waals surface area contributed by atoms with Gasteiger partial charge in [0.05, 0.1) is 10.6 Å². The number of nitro benzene ring substituents is 1. The fourth-order valence-corrected chi connectivity index (χ4v) is 3.18. The Morgan fingerprint density at radius 3 is 2.42 bits per heavy atom. The zero-order valence-corrected chi connectivity index (χ0v) is 16.6. The Bertz CT molecular complexity index is 1370. The zero-order chi connectivity index (χ0) is 22.0. The molecule has 0 aliphatic rings. The zero-order valence-electron chi connectivity index (χ0n) is 15.8. The maximum absolute atomic E-state index is 12.3.